The topological polar surface area (TPSA) is 119 Å². The van der Waals surface area contributed by atoms with Crippen LogP contribution in [0.2, 0.25) is 5.15 Å². The fraction of sp³-hybridized carbons (Fsp3) is 0.0476. The molecule has 0 aliphatic heterocycles. The molecular weight excluding hydrogens is 418 g/mol. The zero-order valence-corrected chi connectivity index (χ0v) is 17.0. The normalized spacial score (nSPS) is 10.5. The van der Waals surface area contributed by atoms with Crippen LogP contribution >= 0.6 is 11.6 Å². The van der Waals surface area contributed by atoms with Crippen LogP contribution in [0.5, 0.6) is 0 Å². The molecule has 2 heterocycles. The van der Waals surface area contributed by atoms with Gasteiger partial charge in [-0.25, -0.2) is 19.9 Å². The molecule has 10 heteroatoms. The third-order valence-electron chi connectivity index (χ3n) is 4.27. The Kier molecular flexibility index (Phi) is 5.67. The monoisotopic (exact) mass is 433 g/mol. The third-order valence-corrected chi connectivity index (χ3v) is 4.54. The van der Waals surface area contributed by atoms with Crippen molar-refractivity contribution in [2.45, 2.75) is 6.92 Å². The number of halogens is 1. The Morgan fingerprint density at radius 3 is 2.42 bits per heavy atom. The summed E-state index contributed by atoms with van der Waals surface area (Å²) in [5, 5.41) is 17.2. The molecule has 0 bridgehead atoms. The Balaban J connectivity index is 1.60. The van der Waals surface area contributed by atoms with E-state index in [1.165, 1.54) is 0 Å². The predicted octanol–water partition coefficient (Wildman–Crippen LogP) is 5.29. The highest BCUT2D eigenvalue weighted by molar-refractivity contribution is 6.31. The van der Waals surface area contributed by atoms with E-state index in [9.17, 15) is 10.1 Å². The second-order valence-corrected chi connectivity index (χ2v) is 6.86. The lowest BCUT2D eigenvalue weighted by atomic mass is 10.1. The number of hydrogen-bond donors (Lipinski definition) is 2. The highest BCUT2D eigenvalue weighted by Gasteiger charge is 2.21. The van der Waals surface area contributed by atoms with Gasteiger partial charge in [-0.15, -0.1) is 0 Å². The number of rotatable bonds is 6. The van der Waals surface area contributed by atoms with Gasteiger partial charge in [0.15, 0.2) is 0 Å². The van der Waals surface area contributed by atoms with Crippen LogP contribution in [0.25, 0.3) is 11.3 Å². The summed E-state index contributed by atoms with van der Waals surface area (Å²) in [5.74, 6) is 1.26. The van der Waals surface area contributed by atoms with Gasteiger partial charge in [0.2, 0.25) is 11.0 Å². The summed E-state index contributed by atoms with van der Waals surface area (Å²) in [6.45, 7) is 1.83. The summed E-state index contributed by atoms with van der Waals surface area (Å²) in [5.41, 5.74) is 2.71. The molecule has 0 fully saturated rings. The van der Waals surface area contributed by atoms with E-state index >= 15 is 0 Å². The number of nitrogens with one attached hydrogen (secondary N) is 2. The second kappa shape index (κ2) is 8.72. The zero-order chi connectivity index (χ0) is 21.8. The Hall–Kier alpha value is -4.11. The van der Waals surface area contributed by atoms with Crippen LogP contribution in [-0.2, 0) is 0 Å². The third kappa shape index (κ3) is 4.73. The molecule has 154 valence electrons. The van der Waals surface area contributed by atoms with Gasteiger partial charge in [0.25, 0.3) is 0 Å². The van der Waals surface area contributed by atoms with Gasteiger partial charge in [-0.3, -0.25) is 10.1 Å². The molecule has 9 nitrogen and oxygen atoms in total. The van der Waals surface area contributed by atoms with Gasteiger partial charge in [-0.1, -0.05) is 48.0 Å². The first kappa shape index (κ1) is 20.2. The Morgan fingerprint density at radius 2 is 1.68 bits per heavy atom. The van der Waals surface area contributed by atoms with Crippen molar-refractivity contribution < 1.29 is 4.92 Å². The number of aromatic nitrogens is 4. The van der Waals surface area contributed by atoms with Gasteiger partial charge in [0.1, 0.15) is 18.0 Å². The van der Waals surface area contributed by atoms with Crippen LogP contribution in [0.4, 0.5) is 28.7 Å². The SMILES string of the molecule is Cc1nc(Nc2cccc(Nc3ncnc(Cl)c3[N+](=O)[O-])c2)cc(-c2ccccc2)n1. The van der Waals surface area contributed by atoms with Crippen molar-refractivity contribution in [3.63, 3.8) is 0 Å². The number of nitrogens with zero attached hydrogens (tertiary/aromatic N) is 5. The number of aryl methyl sites for hydroxylation is 1. The Morgan fingerprint density at radius 1 is 0.935 bits per heavy atom. The number of hydrogen-bond acceptors (Lipinski definition) is 8. The molecule has 2 N–H and O–H groups in total. The van der Waals surface area contributed by atoms with Crippen molar-refractivity contribution in [2.24, 2.45) is 0 Å². The highest BCUT2D eigenvalue weighted by Crippen LogP contribution is 2.31. The Labute approximate surface area is 182 Å². The van der Waals surface area contributed by atoms with Crippen molar-refractivity contribution in [1.29, 1.82) is 0 Å². The summed E-state index contributed by atoms with van der Waals surface area (Å²) < 4.78 is 0. The van der Waals surface area contributed by atoms with Crippen molar-refractivity contribution in [2.75, 3.05) is 10.6 Å². The van der Waals surface area contributed by atoms with Crippen molar-refractivity contribution in [3.05, 3.63) is 88.1 Å². The quantitative estimate of drug-likeness (QED) is 0.239. The fourth-order valence-electron chi connectivity index (χ4n) is 2.96. The fourth-order valence-corrected chi connectivity index (χ4v) is 3.16. The standard InChI is InChI=1S/C21H16ClN7O2/c1-13-25-17(14-6-3-2-4-7-14)11-18(26-13)27-15-8-5-9-16(10-15)28-21-19(29(30)31)20(22)23-12-24-21/h2-12H,1H3,(H,23,24,28)(H,25,26,27). The summed E-state index contributed by atoms with van der Waals surface area (Å²) in [6.07, 6.45) is 1.16. The predicted molar refractivity (Wildman–Crippen MR) is 119 cm³/mol. The van der Waals surface area contributed by atoms with Crippen molar-refractivity contribution >= 4 is 40.3 Å². The highest BCUT2D eigenvalue weighted by atomic mass is 35.5. The lowest BCUT2D eigenvalue weighted by molar-refractivity contribution is -0.384. The Bertz CT molecular complexity index is 1250. The van der Waals surface area contributed by atoms with Gasteiger partial charge < -0.3 is 10.6 Å². The van der Waals surface area contributed by atoms with Gasteiger partial charge in [-0.2, -0.15) is 0 Å². The lowest BCUT2D eigenvalue weighted by Gasteiger charge is -2.11. The number of benzene rings is 2. The molecule has 31 heavy (non-hydrogen) atoms. The van der Waals surface area contributed by atoms with Crippen LogP contribution in [0.15, 0.2) is 67.0 Å². The van der Waals surface area contributed by atoms with Crippen LogP contribution in [0.3, 0.4) is 0 Å². The number of nitro groups is 1. The molecule has 0 spiro atoms. The second-order valence-electron chi connectivity index (χ2n) is 6.50. The van der Waals surface area contributed by atoms with Gasteiger partial charge in [0.05, 0.1) is 10.6 Å². The van der Waals surface area contributed by atoms with Crippen LogP contribution in [0, 0.1) is 17.0 Å². The van der Waals surface area contributed by atoms with E-state index in [0.29, 0.717) is 17.3 Å². The molecule has 0 saturated heterocycles. The van der Waals surface area contributed by atoms with E-state index in [1.54, 1.807) is 18.2 Å². The van der Waals surface area contributed by atoms with E-state index in [1.807, 2.05) is 49.4 Å². The van der Waals surface area contributed by atoms with Crippen molar-refractivity contribution in [3.8, 4) is 11.3 Å². The molecular formula is C21H16ClN7O2. The van der Waals surface area contributed by atoms with E-state index in [0.717, 1.165) is 23.3 Å². The summed E-state index contributed by atoms with van der Waals surface area (Å²) in [6, 6.07) is 18.9. The number of anilines is 4. The first-order valence-electron chi connectivity index (χ1n) is 9.20. The average Bonchev–Trinajstić information content (AvgIpc) is 2.74. The molecule has 0 saturated carbocycles. The molecule has 0 aliphatic rings. The van der Waals surface area contributed by atoms with Crippen LogP contribution in [0.1, 0.15) is 5.82 Å². The molecule has 4 rings (SSSR count). The van der Waals surface area contributed by atoms with Crippen LogP contribution < -0.4 is 10.6 Å². The minimum absolute atomic E-state index is 0.00592. The van der Waals surface area contributed by atoms with Crippen molar-refractivity contribution in [1.82, 2.24) is 19.9 Å². The van der Waals surface area contributed by atoms with Gasteiger partial charge >= 0.3 is 5.69 Å². The minimum Gasteiger partial charge on any atom is -0.340 e. The maximum absolute atomic E-state index is 11.3. The largest absolute Gasteiger partial charge is 0.348 e. The first-order chi connectivity index (χ1) is 15.0. The smallest absolute Gasteiger partial charge is 0.340 e. The molecule has 0 unspecified atom stereocenters. The summed E-state index contributed by atoms with van der Waals surface area (Å²) in [7, 11) is 0. The molecule has 4 aromatic rings. The molecule has 0 radical (unpaired) electrons. The summed E-state index contributed by atoms with van der Waals surface area (Å²) >= 11 is 5.85. The maximum Gasteiger partial charge on any atom is 0.348 e. The molecule has 2 aromatic heterocycles. The molecule has 0 aliphatic carbocycles. The molecule has 0 atom stereocenters. The van der Waals surface area contributed by atoms with E-state index in [4.69, 9.17) is 11.6 Å². The van der Waals surface area contributed by atoms with Crippen LogP contribution in [-0.4, -0.2) is 24.9 Å². The molecule has 2 aromatic carbocycles. The van der Waals surface area contributed by atoms with Gasteiger partial charge in [0, 0.05) is 23.0 Å². The molecule has 0 amide bonds. The summed E-state index contributed by atoms with van der Waals surface area (Å²) in [4.78, 5) is 27.2. The maximum atomic E-state index is 11.3. The zero-order valence-electron chi connectivity index (χ0n) is 16.3. The minimum atomic E-state index is -0.623. The van der Waals surface area contributed by atoms with E-state index in [2.05, 4.69) is 30.6 Å². The van der Waals surface area contributed by atoms with E-state index in [-0.39, 0.29) is 16.7 Å². The van der Waals surface area contributed by atoms with Gasteiger partial charge in [-0.05, 0) is 25.1 Å². The first-order valence-corrected chi connectivity index (χ1v) is 9.57. The van der Waals surface area contributed by atoms with E-state index < -0.39 is 4.92 Å². The lowest BCUT2D eigenvalue weighted by Crippen LogP contribution is -2.02. The average molecular weight is 434 g/mol.